The van der Waals surface area contributed by atoms with E-state index in [4.69, 9.17) is 0 Å². The van der Waals surface area contributed by atoms with Crippen LogP contribution in [0.1, 0.15) is 40.5 Å². The minimum atomic E-state index is 0.833. The molecule has 0 aliphatic carbocycles. The average Bonchev–Trinajstić information content (AvgIpc) is 1.58. The van der Waals surface area contributed by atoms with Crippen LogP contribution in [-0.4, -0.2) is 16.3 Å². The first-order chi connectivity index (χ1) is 4.52. The standard InChI is InChI=1S/C9H19.Al/c1-8(2)6-5-7-9(3)4;/h5,8-9H,6-7H2,1-4H3;/q;+2. The van der Waals surface area contributed by atoms with Gasteiger partial charge < -0.3 is 0 Å². The van der Waals surface area contributed by atoms with E-state index < -0.39 is 0 Å². The van der Waals surface area contributed by atoms with Gasteiger partial charge in [0.15, 0.2) is 0 Å². The Labute approximate surface area is 73.8 Å². The van der Waals surface area contributed by atoms with Crippen molar-refractivity contribution in [2.75, 3.05) is 0 Å². The second-order valence-electron chi connectivity index (χ2n) is 4.02. The van der Waals surface area contributed by atoms with Crippen molar-refractivity contribution in [2.45, 2.75) is 45.3 Å². The van der Waals surface area contributed by atoms with Gasteiger partial charge in [-0.25, -0.2) is 0 Å². The average molecular weight is 154 g/mol. The fourth-order valence-electron chi connectivity index (χ4n) is 1.31. The van der Waals surface area contributed by atoms with Gasteiger partial charge in [-0.2, -0.15) is 0 Å². The third-order valence-corrected chi connectivity index (χ3v) is 2.09. The number of hydrogen-bond donors (Lipinski definition) is 0. The van der Waals surface area contributed by atoms with Crippen molar-refractivity contribution >= 4 is 16.3 Å². The minimum absolute atomic E-state index is 0.833. The molecule has 0 saturated heterocycles. The van der Waals surface area contributed by atoms with E-state index in [-0.39, 0.29) is 0 Å². The predicted octanol–water partition coefficient (Wildman–Crippen LogP) is 3.04. The Balaban J connectivity index is 3.34. The third kappa shape index (κ3) is 6.65. The van der Waals surface area contributed by atoms with E-state index in [0.29, 0.717) is 0 Å². The zero-order chi connectivity index (χ0) is 8.15. The Morgan fingerprint density at radius 2 is 1.20 bits per heavy atom. The van der Waals surface area contributed by atoms with Crippen molar-refractivity contribution < 1.29 is 0 Å². The van der Waals surface area contributed by atoms with E-state index in [9.17, 15) is 0 Å². The summed E-state index contributed by atoms with van der Waals surface area (Å²) in [5, 5.41) is 0. The second-order valence-corrected chi connectivity index (χ2v) is 4.96. The molecule has 0 amide bonds. The molecule has 0 N–H and O–H groups in total. The molecule has 0 heterocycles. The molecule has 10 heavy (non-hydrogen) atoms. The predicted molar refractivity (Wildman–Crippen MR) is 48.4 cm³/mol. The summed E-state index contributed by atoms with van der Waals surface area (Å²) in [5.41, 5.74) is 0. The molecule has 0 rings (SSSR count). The topological polar surface area (TPSA) is 0 Å². The SMILES string of the molecule is CC(C)C[CH]([Al+2])CC(C)C. The molecular formula is C9H19Al+2. The molecule has 0 aliphatic rings. The Hall–Kier alpha value is 0.532. The summed E-state index contributed by atoms with van der Waals surface area (Å²) < 4.78 is 0.833. The van der Waals surface area contributed by atoms with Gasteiger partial charge in [0, 0.05) is 0 Å². The first-order valence-electron chi connectivity index (χ1n) is 4.28. The second kappa shape index (κ2) is 5.22. The van der Waals surface area contributed by atoms with Gasteiger partial charge in [0.25, 0.3) is 0 Å². The Morgan fingerprint density at radius 3 is 1.40 bits per heavy atom. The molecule has 0 aromatic rings. The van der Waals surface area contributed by atoms with Crippen molar-refractivity contribution in [3.05, 3.63) is 0 Å². The first-order valence-corrected chi connectivity index (χ1v) is 4.94. The molecule has 0 atom stereocenters. The molecule has 0 spiro atoms. The van der Waals surface area contributed by atoms with E-state index in [1.54, 1.807) is 0 Å². The van der Waals surface area contributed by atoms with E-state index in [1.165, 1.54) is 12.8 Å². The van der Waals surface area contributed by atoms with E-state index in [2.05, 4.69) is 44.0 Å². The van der Waals surface area contributed by atoms with Crippen LogP contribution in [-0.2, 0) is 0 Å². The molecule has 0 aromatic heterocycles. The number of hydrogen-bond acceptors (Lipinski definition) is 0. The molecule has 0 nitrogen and oxygen atoms in total. The van der Waals surface area contributed by atoms with Gasteiger partial charge >= 0.3 is 73.4 Å². The summed E-state index contributed by atoms with van der Waals surface area (Å²) in [6.45, 7) is 9.16. The molecule has 0 saturated carbocycles. The monoisotopic (exact) mass is 154 g/mol. The van der Waals surface area contributed by atoms with Gasteiger partial charge in [-0.05, 0) is 0 Å². The maximum atomic E-state index is 2.95. The summed E-state index contributed by atoms with van der Waals surface area (Å²) in [5.74, 6) is 1.70. The van der Waals surface area contributed by atoms with Gasteiger partial charge in [-0.15, -0.1) is 0 Å². The van der Waals surface area contributed by atoms with Gasteiger partial charge in [0.1, 0.15) is 0 Å². The summed E-state index contributed by atoms with van der Waals surface area (Å²) in [4.78, 5) is 0. The number of rotatable bonds is 4. The maximum absolute atomic E-state index is 2.95. The van der Waals surface area contributed by atoms with Crippen LogP contribution in [0.5, 0.6) is 0 Å². The van der Waals surface area contributed by atoms with E-state index >= 15 is 0 Å². The van der Waals surface area contributed by atoms with Crippen molar-refractivity contribution in [1.29, 1.82) is 0 Å². The van der Waals surface area contributed by atoms with Gasteiger partial charge in [0.05, 0.1) is 0 Å². The van der Waals surface area contributed by atoms with Crippen LogP contribution in [0, 0.1) is 11.8 Å². The molecule has 0 unspecified atom stereocenters. The quantitative estimate of drug-likeness (QED) is 0.546. The fraction of sp³-hybridized carbons (Fsp3) is 1.00. The summed E-state index contributed by atoms with van der Waals surface area (Å²) in [6.07, 6.45) is 2.70. The third-order valence-electron chi connectivity index (χ3n) is 1.55. The van der Waals surface area contributed by atoms with Crippen LogP contribution in [0.4, 0.5) is 0 Å². The molecule has 0 aromatic carbocycles. The van der Waals surface area contributed by atoms with Crippen LogP contribution in [0.25, 0.3) is 0 Å². The Kier molecular flexibility index (Phi) is 5.50. The Bertz CT molecular complexity index is 66.8. The van der Waals surface area contributed by atoms with Crippen molar-refractivity contribution in [3.8, 4) is 0 Å². The molecule has 56 valence electrons. The zero-order valence-corrected chi connectivity index (χ0v) is 8.88. The molecule has 0 fully saturated rings. The van der Waals surface area contributed by atoms with Crippen LogP contribution in [0.2, 0.25) is 4.78 Å². The normalized spacial score (nSPS) is 12.1. The Morgan fingerprint density at radius 1 is 0.900 bits per heavy atom. The zero-order valence-electron chi connectivity index (χ0n) is 7.72. The van der Waals surface area contributed by atoms with Crippen LogP contribution in [0.15, 0.2) is 0 Å². The van der Waals surface area contributed by atoms with Crippen LogP contribution in [0.3, 0.4) is 0 Å². The summed E-state index contributed by atoms with van der Waals surface area (Å²) in [7, 11) is 0. The van der Waals surface area contributed by atoms with E-state index in [1.807, 2.05) is 0 Å². The van der Waals surface area contributed by atoms with Gasteiger partial charge in [-0.1, -0.05) is 0 Å². The van der Waals surface area contributed by atoms with Crippen molar-refractivity contribution in [1.82, 2.24) is 0 Å². The first kappa shape index (κ1) is 10.5. The molecule has 0 aliphatic heterocycles. The van der Waals surface area contributed by atoms with E-state index in [0.717, 1.165) is 16.6 Å². The van der Waals surface area contributed by atoms with Crippen LogP contribution >= 0.6 is 0 Å². The summed E-state index contributed by atoms with van der Waals surface area (Å²) in [6, 6.07) is 0. The van der Waals surface area contributed by atoms with Crippen molar-refractivity contribution in [2.24, 2.45) is 11.8 Å². The van der Waals surface area contributed by atoms with Gasteiger partial charge in [0.2, 0.25) is 0 Å². The molecular weight excluding hydrogens is 135 g/mol. The molecule has 0 radical (unpaired) electrons. The van der Waals surface area contributed by atoms with Crippen molar-refractivity contribution in [3.63, 3.8) is 0 Å². The molecule has 1 heteroatoms. The molecule has 0 bridgehead atoms. The fourth-order valence-corrected chi connectivity index (χ4v) is 2.40. The summed E-state index contributed by atoms with van der Waals surface area (Å²) >= 11 is 2.95. The van der Waals surface area contributed by atoms with Crippen LogP contribution < -0.4 is 0 Å². The van der Waals surface area contributed by atoms with Gasteiger partial charge in [-0.3, -0.25) is 0 Å².